The molecule has 1 N–H and O–H groups in total. The van der Waals surface area contributed by atoms with Crippen molar-refractivity contribution < 1.29 is 4.79 Å². The summed E-state index contributed by atoms with van der Waals surface area (Å²) in [6.45, 7) is 10.5. The monoisotopic (exact) mass is 373 g/mol. The van der Waals surface area contributed by atoms with Crippen molar-refractivity contribution in [3.05, 3.63) is 16.0 Å². The van der Waals surface area contributed by atoms with Crippen LogP contribution in [0.25, 0.3) is 0 Å². The SMILES string of the molecule is CC1CCCCN1CC(=O)Nc1sc2c(c1C#N)CCC(C(C)(C)C)C2. The Hall–Kier alpha value is -1.38. The van der Waals surface area contributed by atoms with Gasteiger partial charge in [-0.3, -0.25) is 9.69 Å². The van der Waals surface area contributed by atoms with E-state index in [1.54, 1.807) is 11.3 Å². The van der Waals surface area contributed by atoms with E-state index in [9.17, 15) is 10.1 Å². The lowest BCUT2D eigenvalue weighted by Crippen LogP contribution is -2.42. The van der Waals surface area contributed by atoms with Gasteiger partial charge < -0.3 is 5.32 Å². The molecule has 1 aromatic heterocycles. The van der Waals surface area contributed by atoms with Crippen LogP contribution < -0.4 is 5.32 Å². The number of nitrogens with zero attached hydrogens (tertiary/aromatic N) is 2. The Labute approximate surface area is 161 Å². The zero-order valence-corrected chi connectivity index (χ0v) is 17.3. The summed E-state index contributed by atoms with van der Waals surface area (Å²) in [5.74, 6) is 0.652. The molecule has 2 aliphatic rings. The summed E-state index contributed by atoms with van der Waals surface area (Å²) >= 11 is 1.62. The zero-order valence-electron chi connectivity index (χ0n) is 16.5. The molecule has 2 atom stereocenters. The van der Waals surface area contributed by atoms with Crippen LogP contribution in [0.4, 0.5) is 5.00 Å². The quantitative estimate of drug-likeness (QED) is 0.843. The Morgan fingerprint density at radius 3 is 2.77 bits per heavy atom. The maximum absolute atomic E-state index is 12.6. The smallest absolute Gasteiger partial charge is 0.239 e. The Kier molecular flexibility index (Phi) is 5.74. The Morgan fingerprint density at radius 1 is 1.35 bits per heavy atom. The number of amides is 1. The highest BCUT2D eigenvalue weighted by atomic mass is 32.1. The predicted octanol–water partition coefficient (Wildman–Crippen LogP) is 4.58. The van der Waals surface area contributed by atoms with Gasteiger partial charge in [0, 0.05) is 10.9 Å². The van der Waals surface area contributed by atoms with E-state index >= 15 is 0 Å². The number of piperidine rings is 1. The largest absolute Gasteiger partial charge is 0.315 e. The standard InChI is InChI=1S/C21H31N3OS/c1-14-7-5-6-10-24(14)13-19(25)23-20-17(12-22)16-9-8-15(21(2,3)4)11-18(16)26-20/h14-15H,5-11,13H2,1-4H3,(H,23,25). The Balaban J connectivity index is 1.72. The van der Waals surface area contributed by atoms with Gasteiger partial charge in [0.05, 0.1) is 12.1 Å². The van der Waals surface area contributed by atoms with Gasteiger partial charge in [-0.25, -0.2) is 0 Å². The van der Waals surface area contributed by atoms with E-state index in [1.807, 2.05) is 0 Å². The lowest BCUT2D eigenvalue weighted by molar-refractivity contribution is -0.118. The van der Waals surface area contributed by atoms with Crippen LogP contribution in [-0.4, -0.2) is 29.9 Å². The van der Waals surface area contributed by atoms with Crippen LogP contribution in [0.2, 0.25) is 0 Å². The fraction of sp³-hybridized carbons (Fsp3) is 0.714. The van der Waals surface area contributed by atoms with E-state index < -0.39 is 0 Å². The highest BCUT2D eigenvalue weighted by molar-refractivity contribution is 7.16. The average Bonchev–Trinajstić information content (AvgIpc) is 2.92. The van der Waals surface area contributed by atoms with E-state index in [2.05, 4.69) is 44.0 Å². The zero-order chi connectivity index (χ0) is 18.9. The first kappa shape index (κ1) is 19.4. The topological polar surface area (TPSA) is 56.1 Å². The first-order valence-corrected chi connectivity index (χ1v) is 10.7. The third-order valence-electron chi connectivity index (χ3n) is 6.14. The Morgan fingerprint density at radius 2 is 2.12 bits per heavy atom. The molecule has 1 fully saturated rings. The first-order valence-electron chi connectivity index (χ1n) is 9.88. The van der Waals surface area contributed by atoms with E-state index in [0.717, 1.165) is 37.2 Å². The van der Waals surface area contributed by atoms with Crippen LogP contribution >= 0.6 is 11.3 Å². The van der Waals surface area contributed by atoms with Gasteiger partial charge in [-0.05, 0) is 62.5 Å². The lowest BCUT2D eigenvalue weighted by Gasteiger charge is -2.33. The third-order valence-corrected chi connectivity index (χ3v) is 7.31. The van der Waals surface area contributed by atoms with Crippen LogP contribution in [-0.2, 0) is 17.6 Å². The van der Waals surface area contributed by atoms with Gasteiger partial charge in [-0.2, -0.15) is 5.26 Å². The molecule has 0 aromatic carbocycles. The van der Waals surface area contributed by atoms with Crippen molar-refractivity contribution in [2.75, 3.05) is 18.4 Å². The van der Waals surface area contributed by atoms with Crippen LogP contribution in [0, 0.1) is 22.7 Å². The molecule has 2 unspecified atom stereocenters. The maximum atomic E-state index is 12.6. The van der Waals surface area contributed by atoms with Crippen LogP contribution in [0.1, 0.15) is 69.4 Å². The van der Waals surface area contributed by atoms with Gasteiger partial charge in [0.25, 0.3) is 0 Å². The van der Waals surface area contributed by atoms with Crippen LogP contribution in [0.3, 0.4) is 0 Å². The average molecular weight is 374 g/mol. The number of nitriles is 1. The summed E-state index contributed by atoms with van der Waals surface area (Å²) in [6, 6.07) is 2.82. The normalized spacial score (nSPS) is 24.0. The minimum Gasteiger partial charge on any atom is -0.315 e. The molecule has 1 aliphatic heterocycles. The molecule has 1 aliphatic carbocycles. The molecule has 4 nitrogen and oxygen atoms in total. The van der Waals surface area contributed by atoms with Gasteiger partial charge in [0.2, 0.25) is 5.91 Å². The number of likely N-dealkylation sites (tertiary alicyclic amines) is 1. The van der Waals surface area contributed by atoms with Crippen molar-refractivity contribution in [1.82, 2.24) is 4.90 Å². The van der Waals surface area contributed by atoms with Crippen molar-refractivity contribution in [3.63, 3.8) is 0 Å². The van der Waals surface area contributed by atoms with E-state index in [1.165, 1.54) is 23.3 Å². The van der Waals surface area contributed by atoms with Gasteiger partial charge >= 0.3 is 0 Å². The number of carbonyl (C=O) groups excluding carboxylic acids is 1. The highest BCUT2D eigenvalue weighted by Gasteiger charge is 2.32. The molecule has 0 bridgehead atoms. The number of carbonyl (C=O) groups is 1. The minimum absolute atomic E-state index is 0.0150. The lowest BCUT2D eigenvalue weighted by atomic mass is 9.72. The van der Waals surface area contributed by atoms with Gasteiger partial charge in [0.1, 0.15) is 11.1 Å². The number of fused-ring (bicyclic) bond motifs is 1. The molecule has 1 amide bonds. The number of rotatable bonds is 3. The number of hydrogen-bond acceptors (Lipinski definition) is 4. The molecule has 1 aromatic rings. The second-order valence-electron chi connectivity index (χ2n) is 8.99. The van der Waals surface area contributed by atoms with Crippen molar-refractivity contribution in [1.29, 1.82) is 5.26 Å². The second kappa shape index (κ2) is 7.70. The summed E-state index contributed by atoms with van der Waals surface area (Å²) in [5.41, 5.74) is 2.17. The molecule has 142 valence electrons. The summed E-state index contributed by atoms with van der Waals surface area (Å²) in [7, 11) is 0. The van der Waals surface area contributed by atoms with E-state index in [4.69, 9.17) is 0 Å². The number of nitrogens with one attached hydrogen (secondary N) is 1. The van der Waals surface area contributed by atoms with Crippen molar-refractivity contribution in [3.8, 4) is 6.07 Å². The number of anilines is 1. The van der Waals surface area contributed by atoms with Crippen LogP contribution in [0.15, 0.2) is 0 Å². The van der Waals surface area contributed by atoms with Crippen molar-refractivity contribution in [2.24, 2.45) is 11.3 Å². The number of hydrogen-bond donors (Lipinski definition) is 1. The number of thiophene rings is 1. The summed E-state index contributed by atoms with van der Waals surface area (Å²) in [4.78, 5) is 16.1. The van der Waals surface area contributed by atoms with Crippen LogP contribution in [0.5, 0.6) is 0 Å². The molecule has 3 rings (SSSR count). The predicted molar refractivity (Wildman–Crippen MR) is 108 cm³/mol. The molecule has 5 heteroatoms. The molecule has 2 heterocycles. The van der Waals surface area contributed by atoms with Gasteiger partial charge in [-0.1, -0.05) is 27.2 Å². The van der Waals surface area contributed by atoms with E-state index in [-0.39, 0.29) is 11.3 Å². The maximum Gasteiger partial charge on any atom is 0.239 e. The van der Waals surface area contributed by atoms with Crippen molar-refractivity contribution in [2.45, 2.75) is 72.3 Å². The second-order valence-corrected chi connectivity index (χ2v) is 10.1. The van der Waals surface area contributed by atoms with Gasteiger partial charge in [0.15, 0.2) is 0 Å². The minimum atomic E-state index is 0.0150. The highest BCUT2D eigenvalue weighted by Crippen LogP contribution is 2.43. The molecule has 26 heavy (non-hydrogen) atoms. The fourth-order valence-electron chi connectivity index (χ4n) is 4.27. The molecular formula is C21H31N3OS. The fourth-order valence-corrected chi connectivity index (χ4v) is 5.57. The van der Waals surface area contributed by atoms with Gasteiger partial charge in [-0.15, -0.1) is 11.3 Å². The molecule has 0 radical (unpaired) electrons. The molecule has 1 saturated heterocycles. The molecule has 0 saturated carbocycles. The van der Waals surface area contributed by atoms with E-state index in [0.29, 0.717) is 24.1 Å². The molecular weight excluding hydrogens is 342 g/mol. The summed E-state index contributed by atoms with van der Waals surface area (Å²) in [6.07, 6.45) is 6.69. The third kappa shape index (κ3) is 4.13. The molecule has 0 spiro atoms. The summed E-state index contributed by atoms with van der Waals surface area (Å²) < 4.78 is 0. The Bertz CT molecular complexity index is 710. The summed E-state index contributed by atoms with van der Waals surface area (Å²) in [5, 5.41) is 13.5. The first-order chi connectivity index (χ1) is 12.3. The van der Waals surface area contributed by atoms with Crippen molar-refractivity contribution >= 4 is 22.2 Å².